The molecule has 1 atom stereocenters. The van der Waals surface area contributed by atoms with Crippen LogP contribution in [-0.2, 0) is 0 Å². The number of nitrogens with two attached hydrogens (primary N) is 1. The highest BCUT2D eigenvalue weighted by Gasteiger charge is 2.47. The van der Waals surface area contributed by atoms with Crippen LogP contribution < -0.4 is 10.5 Å². The summed E-state index contributed by atoms with van der Waals surface area (Å²) in [5.74, 6) is -2.53. The summed E-state index contributed by atoms with van der Waals surface area (Å²) in [5, 5.41) is 19.2. The quantitative estimate of drug-likeness (QED) is 0.593. The molecule has 3 aromatic rings. The number of hydrogen-bond acceptors (Lipinski definition) is 6. The van der Waals surface area contributed by atoms with E-state index in [0.717, 1.165) is 0 Å². The number of rotatable bonds is 5. The summed E-state index contributed by atoms with van der Waals surface area (Å²) in [6.07, 6.45) is 2.91. The number of ether oxygens (including phenoxy) is 1. The number of nitrogens with zero attached hydrogens (tertiary/aromatic N) is 4. The molecule has 6 nitrogen and oxygen atoms in total. The number of aromatic nitrogens is 2. The topological polar surface area (TPSA) is 100 Å². The van der Waals surface area contributed by atoms with Crippen LogP contribution in [-0.4, -0.2) is 33.7 Å². The molecule has 2 N–H and O–H groups in total. The minimum absolute atomic E-state index is 0.120. The normalized spacial score (nSPS) is 19.8. The zero-order chi connectivity index (χ0) is 22.2. The van der Waals surface area contributed by atoms with Gasteiger partial charge < -0.3 is 10.5 Å². The zero-order valence-electron chi connectivity index (χ0n) is 16.7. The molecule has 1 saturated carbocycles. The number of pyridine rings is 1. The largest absolute Gasteiger partial charge is 0.490 e. The summed E-state index contributed by atoms with van der Waals surface area (Å²) in [4.78, 5) is 5.03. The second-order valence-electron chi connectivity index (χ2n) is 7.71. The van der Waals surface area contributed by atoms with Crippen LogP contribution in [0.25, 0.3) is 16.9 Å². The molecule has 1 fully saturated rings. The van der Waals surface area contributed by atoms with E-state index in [1.54, 1.807) is 34.9 Å². The number of halogens is 2. The summed E-state index contributed by atoms with van der Waals surface area (Å²) in [7, 11) is 0. The van der Waals surface area contributed by atoms with Gasteiger partial charge in [0.15, 0.2) is 0 Å². The Bertz CT molecular complexity index is 1240. The molecule has 0 radical (unpaired) electrons. The van der Waals surface area contributed by atoms with Crippen LogP contribution in [0.15, 0.2) is 41.4 Å². The molecule has 9 heteroatoms. The third kappa shape index (κ3) is 3.95. The van der Waals surface area contributed by atoms with Gasteiger partial charge in [-0.3, -0.25) is 4.40 Å². The maximum atomic E-state index is 13.7. The third-order valence-corrected chi connectivity index (χ3v) is 6.21. The number of thioether (sulfide) groups is 1. The molecule has 0 saturated heterocycles. The van der Waals surface area contributed by atoms with Gasteiger partial charge in [0, 0.05) is 23.3 Å². The van der Waals surface area contributed by atoms with Crippen molar-refractivity contribution in [1.82, 2.24) is 9.38 Å². The molecule has 0 aliphatic heterocycles. The van der Waals surface area contributed by atoms with E-state index in [1.165, 1.54) is 11.8 Å². The van der Waals surface area contributed by atoms with Crippen molar-refractivity contribution >= 4 is 17.4 Å². The summed E-state index contributed by atoms with van der Waals surface area (Å²) in [5.41, 5.74) is 7.69. The number of hydrogen-bond donors (Lipinski definition) is 1. The fourth-order valence-electron chi connectivity index (χ4n) is 3.92. The van der Waals surface area contributed by atoms with Crippen LogP contribution in [0.2, 0.25) is 0 Å². The predicted octanol–water partition coefficient (Wildman–Crippen LogP) is 4.36. The molecule has 0 spiro atoms. The van der Waals surface area contributed by atoms with Crippen molar-refractivity contribution in [2.45, 2.75) is 35.6 Å². The third-order valence-electron chi connectivity index (χ3n) is 5.45. The first kappa shape index (κ1) is 21.1. The van der Waals surface area contributed by atoms with E-state index in [-0.39, 0.29) is 25.2 Å². The van der Waals surface area contributed by atoms with E-state index in [0.29, 0.717) is 33.1 Å². The Hall–Kier alpha value is -3.14. The lowest BCUT2D eigenvalue weighted by molar-refractivity contribution is 0.000376. The lowest BCUT2D eigenvalue weighted by Gasteiger charge is -2.24. The standard InChI is InChI=1S/C22H19F2N5OS/c1-31-19-8-14(17-11-28-20-4-2-3-15(9-25)29(17)20)7-18(16(19)10-26)30-13-21(27)5-6-22(23,24)12-21/h2-4,7-8,11H,5-6,12-13,27H2,1H3. The predicted molar refractivity (Wildman–Crippen MR) is 113 cm³/mol. The van der Waals surface area contributed by atoms with E-state index in [4.69, 9.17) is 10.5 Å². The van der Waals surface area contributed by atoms with Crippen LogP contribution >= 0.6 is 11.8 Å². The monoisotopic (exact) mass is 439 g/mol. The van der Waals surface area contributed by atoms with E-state index < -0.39 is 17.9 Å². The highest BCUT2D eigenvalue weighted by molar-refractivity contribution is 7.98. The van der Waals surface area contributed by atoms with E-state index in [9.17, 15) is 19.3 Å². The molecule has 1 aliphatic rings. The van der Waals surface area contributed by atoms with Gasteiger partial charge in [-0.05, 0) is 36.9 Å². The molecule has 0 amide bonds. The molecule has 1 aliphatic carbocycles. The van der Waals surface area contributed by atoms with E-state index in [1.807, 2.05) is 12.3 Å². The Balaban J connectivity index is 1.77. The van der Waals surface area contributed by atoms with Gasteiger partial charge in [-0.15, -0.1) is 11.8 Å². The fraction of sp³-hybridized carbons (Fsp3) is 0.318. The van der Waals surface area contributed by atoms with Gasteiger partial charge in [0.1, 0.15) is 41.4 Å². The van der Waals surface area contributed by atoms with Crippen LogP contribution in [0.1, 0.15) is 30.5 Å². The zero-order valence-corrected chi connectivity index (χ0v) is 17.5. The van der Waals surface area contributed by atoms with Crippen LogP contribution in [0.4, 0.5) is 8.78 Å². The number of benzene rings is 1. The number of nitriles is 2. The minimum atomic E-state index is -2.80. The fourth-order valence-corrected chi connectivity index (χ4v) is 4.51. The van der Waals surface area contributed by atoms with Crippen molar-refractivity contribution in [3.8, 4) is 29.1 Å². The Labute approximate surface area is 182 Å². The van der Waals surface area contributed by atoms with Gasteiger partial charge in [0.2, 0.25) is 5.92 Å². The second-order valence-corrected chi connectivity index (χ2v) is 8.56. The average molecular weight is 439 g/mol. The molecule has 31 heavy (non-hydrogen) atoms. The molecule has 1 aromatic carbocycles. The molecule has 4 rings (SSSR count). The Morgan fingerprint density at radius 1 is 1.26 bits per heavy atom. The highest BCUT2D eigenvalue weighted by Crippen LogP contribution is 2.41. The molecule has 2 aromatic heterocycles. The molecular formula is C22H19F2N5OS. The van der Waals surface area contributed by atoms with Crippen LogP contribution in [0.5, 0.6) is 5.75 Å². The lowest BCUT2D eigenvalue weighted by atomic mass is 10.0. The first-order chi connectivity index (χ1) is 14.8. The van der Waals surface area contributed by atoms with Gasteiger partial charge in [-0.1, -0.05) is 6.07 Å². The summed E-state index contributed by atoms with van der Waals surface area (Å²) < 4.78 is 34.9. The number of alkyl halides is 2. The van der Waals surface area contributed by atoms with Gasteiger partial charge in [-0.2, -0.15) is 10.5 Å². The Morgan fingerprint density at radius 2 is 2.06 bits per heavy atom. The van der Waals surface area contributed by atoms with Crippen LogP contribution in [0, 0.1) is 22.7 Å². The minimum Gasteiger partial charge on any atom is -0.490 e. The van der Waals surface area contributed by atoms with Gasteiger partial charge in [0.25, 0.3) is 0 Å². The first-order valence-electron chi connectivity index (χ1n) is 9.58. The summed E-state index contributed by atoms with van der Waals surface area (Å²) >= 11 is 1.37. The summed E-state index contributed by atoms with van der Waals surface area (Å²) in [6, 6.07) is 13.0. The van der Waals surface area contributed by atoms with Crippen molar-refractivity contribution in [1.29, 1.82) is 10.5 Å². The van der Waals surface area contributed by atoms with Gasteiger partial charge in [0.05, 0.1) is 17.4 Å². The Morgan fingerprint density at radius 3 is 2.71 bits per heavy atom. The maximum Gasteiger partial charge on any atom is 0.250 e. The van der Waals surface area contributed by atoms with Crippen molar-refractivity contribution in [3.05, 3.63) is 47.8 Å². The molecular weight excluding hydrogens is 420 g/mol. The highest BCUT2D eigenvalue weighted by atomic mass is 32.2. The maximum absolute atomic E-state index is 13.7. The van der Waals surface area contributed by atoms with Crippen molar-refractivity contribution in [3.63, 3.8) is 0 Å². The van der Waals surface area contributed by atoms with E-state index in [2.05, 4.69) is 17.1 Å². The lowest BCUT2D eigenvalue weighted by Crippen LogP contribution is -2.44. The first-order valence-corrected chi connectivity index (χ1v) is 10.8. The number of fused-ring (bicyclic) bond motifs is 1. The Kier molecular flexibility index (Phi) is 5.34. The SMILES string of the molecule is CSc1cc(-c2cnc3cccc(C#N)n23)cc(OCC2(N)CCC(F)(F)C2)c1C#N. The van der Waals surface area contributed by atoms with Gasteiger partial charge >= 0.3 is 0 Å². The average Bonchev–Trinajstić information content (AvgIpc) is 3.31. The van der Waals surface area contributed by atoms with Crippen LogP contribution in [0.3, 0.4) is 0 Å². The summed E-state index contributed by atoms with van der Waals surface area (Å²) in [6.45, 7) is -0.120. The second kappa shape index (κ2) is 7.84. The van der Waals surface area contributed by atoms with Crippen molar-refractivity contribution < 1.29 is 13.5 Å². The molecule has 2 heterocycles. The molecule has 158 valence electrons. The molecule has 1 unspecified atom stereocenters. The van der Waals surface area contributed by atoms with Crippen molar-refractivity contribution in [2.24, 2.45) is 5.73 Å². The smallest absolute Gasteiger partial charge is 0.250 e. The molecule has 0 bridgehead atoms. The number of imidazole rings is 1. The van der Waals surface area contributed by atoms with E-state index >= 15 is 0 Å². The van der Waals surface area contributed by atoms with Gasteiger partial charge in [-0.25, -0.2) is 13.8 Å². The van der Waals surface area contributed by atoms with Crippen molar-refractivity contribution in [2.75, 3.05) is 12.9 Å².